The molecule has 2 aliphatic carbocycles. The lowest BCUT2D eigenvalue weighted by Gasteiger charge is -2.12. The van der Waals surface area contributed by atoms with E-state index in [9.17, 15) is 0 Å². The van der Waals surface area contributed by atoms with Gasteiger partial charge in [-0.15, -0.1) is 0 Å². The van der Waals surface area contributed by atoms with Gasteiger partial charge < -0.3 is 15.4 Å². The number of guanidine groups is 1. The Hall–Kier alpha value is -1.71. The van der Waals surface area contributed by atoms with Gasteiger partial charge in [0.25, 0.3) is 0 Å². The normalized spacial score (nSPS) is 24.0. The van der Waals surface area contributed by atoms with Crippen LogP contribution in [0.3, 0.4) is 0 Å². The summed E-state index contributed by atoms with van der Waals surface area (Å²) < 4.78 is 5.95. The van der Waals surface area contributed by atoms with Crippen LogP contribution in [-0.2, 0) is 6.54 Å². The molecule has 3 rings (SSSR count). The zero-order chi connectivity index (χ0) is 15.4. The summed E-state index contributed by atoms with van der Waals surface area (Å²) in [5, 5.41) is 6.81. The quantitative estimate of drug-likeness (QED) is 0.601. The first-order valence-electron chi connectivity index (χ1n) is 8.51. The summed E-state index contributed by atoms with van der Waals surface area (Å²) in [5.74, 6) is 3.42. The average Bonchev–Trinajstić information content (AvgIpc) is 3.43. The smallest absolute Gasteiger partial charge is 0.191 e. The number of nitrogens with one attached hydrogen (secondary N) is 2. The van der Waals surface area contributed by atoms with Crippen LogP contribution in [0.4, 0.5) is 0 Å². The van der Waals surface area contributed by atoms with Crippen molar-refractivity contribution in [1.82, 2.24) is 10.6 Å². The lowest BCUT2D eigenvalue weighted by molar-refractivity contribution is 0.297. The molecular weight excluding hydrogens is 274 g/mol. The SMILES string of the molecule is CCNC(=NCc1ccccc1OCC1CC1)NC1CC1C. The lowest BCUT2D eigenvalue weighted by atomic mass is 10.2. The molecule has 120 valence electrons. The number of aliphatic imine (C=N–C) groups is 1. The average molecular weight is 301 g/mol. The fraction of sp³-hybridized carbons (Fsp3) is 0.611. The van der Waals surface area contributed by atoms with Gasteiger partial charge in [-0.05, 0) is 44.1 Å². The molecule has 2 N–H and O–H groups in total. The van der Waals surface area contributed by atoms with Crippen molar-refractivity contribution >= 4 is 5.96 Å². The van der Waals surface area contributed by atoms with Gasteiger partial charge in [0, 0.05) is 18.2 Å². The van der Waals surface area contributed by atoms with Crippen LogP contribution in [0.25, 0.3) is 0 Å². The molecule has 1 aromatic carbocycles. The second-order valence-electron chi connectivity index (χ2n) is 6.52. The van der Waals surface area contributed by atoms with Gasteiger partial charge in [0.2, 0.25) is 0 Å². The molecule has 0 saturated heterocycles. The maximum absolute atomic E-state index is 5.95. The van der Waals surface area contributed by atoms with Crippen molar-refractivity contribution in [1.29, 1.82) is 0 Å². The third kappa shape index (κ3) is 4.39. The minimum Gasteiger partial charge on any atom is -0.493 e. The lowest BCUT2D eigenvalue weighted by Crippen LogP contribution is -2.39. The fourth-order valence-electron chi connectivity index (χ4n) is 2.45. The molecule has 0 radical (unpaired) electrons. The van der Waals surface area contributed by atoms with Crippen molar-refractivity contribution in [2.45, 2.75) is 45.7 Å². The number of rotatable bonds is 7. The fourth-order valence-corrected chi connectivity index (χ4v) is 2.45. The van der Waals surface area contributed by atoms with Crippen LogP contribution in [0, 0.1) is 11.8 Å². The van der Waals surface area contributed by atoms with E-state index in [0.717, 1.165) is 42.3 Å². The summed E-state index contributed by atoms with van der Waals surface area (Å²) in [4.78, 5) is 4.72. The second kappa shape index (κ2) is 7.03. The van der Waals surface area contributed by atoms with E-state index in [0.29, 0.717) is 12.6 Å². The summed E-state index contributed by atoms with van der Waals surface area (Å²) in [5.41, 5.74) is 1.16. The summed E-state index contributed by atoms with van der Waals surface area (Å²) in [6.07, 6.45) is 3.87. The third-order valence-corrected chi connectivity index (χ3v) is 4.33. The molecule has 2 saturated carbocycles. The highest BCUT2D eigenvalue weighted by Gasteiger charge is 2.33. The topological polar surface area (TPSA) is 45.7 Å². The maximum Gasteiger partial charge on any atom is 0.191 e. The van der Waals surface area contributed by atoms with Crippen LogP contribution in [0.5, 0.6) is 5.75 Å². The van der Waals surface area contributed by atoms with Crippen LogP contribution in [0.2, 0.25) is 0 Å². The molecule has 2 aliphatic rings. The van der Waals surface area contributed by atoms with Gasteiger partial charge in [0.15, 0.2) is 5.96 Å². The number of hydrogen-bond donors (Lipinski definition) is 2. The zero-order valence-corrected chi connectivity index (χ0v) is 13.6. The van der Waals surface area contributed by atoms with Crippen LogP contribution >= 0.6 is 0 Å². The maximum atomic E-state index is 5.95. The molecule has 22 heavy (non-hydrogen) atoms. The van der Waals surface area contributed by atoms with E-state index in [2.05, 4.69) is 42.7 Å². The summed E-state index contributed by atoms with van der Waals surface area (Å²) in [7, 11) is 0. The van der Waals surface area contributed by atoms with Gasteiger partial charge in [-0.2, -0.15) is 0 Å². The minimum absolute atomic E-state index is 0.583. The van der Waals surface area contributed by atoms with Gasteiger partial charge in [-0.25, -0.2) is 4.99 Å². The van der Waals surface area contributed by atoms with Crippen LogP contribution in [-0.4, -0.2) is 25.2 Å². The molecule has 0 spiro atoms. The Kier molecular flexibility index (Phi) is 4.86. The predicted octanol–water partition coefficient (Wildman–Crippen LogP) is 2.94. The highest BCUT2D eigenvalue weighted by Crippen LogP contribution is 2.30. The van der Waals surface area contributed by atoms with E-state index in [1.165, 1.54) is 19.3 Å². The van der Waals surface area contributed by atoms with Gasteiger partial charge >= 0.3 is 0 Å². The molecular formula is C18H27N3O. The Morgan fingerprint density at radius 1 is 1.32 bits per heavy atom. The highest BCUT2D eigenvalue weighted by molar-refractivity contribution is 5.80. The first-order chi connectivity index (χ1) is 10.8. The van der Waals surface area contributed by atoms with Crippen molar-refractivity contribution in [3.63, 3.8) is 0 Å². The predicted molar refractivity (Wildman–Crippen MR) is 90.2 cm³/mol. The van der Waals surface area contributed by atoms with Crippen molar-refractivity contribution in [3.05, 3.63) is 29.8 Å². The zero-order valence-electron chi connectivity index (χ0n) is 13.6. The molecule has 2 atom stereocenters. The number of hydrogen-bond acceptors (Lipinski definition) is 2. The summed E-state index contributed by atoms with van der Waals surface area (Å²) in [6, 6.07) is 8.83. The molecule has 0 bridgehead atoms. The molecule has 1 aromatic rings. The van der Waals surface area contributed by atoms with E-state index in [-0.39, 0.29) is 0 Å². The Morgan fingerprint density at radius 2 is 2.09 bits per heavy atom. The van der Waals surface area contributed by atoms with Crippen LogP contribution in [0.15, 0.2) is 29.3 Å². The molecule has 2 unspecified atom stereocenters. The summed E-state index contributed by atoms with van der Waals surface area (Å²) in [6.45, 7) is 6.74. The number of para-hydroxylation sites is 1. The first-order valence-corrected chi connectivity index (χ1v) is 8.51. The van der Waals surface area contributed by atoms with Gasteiger partial charge in [0.05, 0.1) is 13.2 Å². The van der Waals surface area contributed by atoms with Crippen LogP contribution < -0.4 is 15.4 Å². The second-order valence-corrected chi connectivity index (χ2v) is 6.52. The Labute approximate surface area is 133 Å². The summed E-state index contributed by atoms with van der Waals surface area (Å²) >= 11 is 0. The van der Waals surface area contributed by atoms with Gasteiger partial charge in [-0.1, -0.05) is 25.1 Å². The molecule has 0 amide bonds. The number of ether oxygens (including phenoxy) is 1. The molecule has 4 heteroatoms. The first kappa shape index (κ1) is 15.2. The number of benzene rings is 1. The Balaban J connectivity index is 1.60. The highest BCUT2D eigenvalue weighted by atomic mass is 16.5. The molecule has 2 fully saturated rings. The van der Waals surface area contributed by atoms with E-state index >= 15 is 0 Å². The number of nitrogens with zero attached hydrogens (tertiary/aromatic N) is 1. The standard InChI is InChI=1S/C18H27N3O/c1-3-19-18(21-16-10-13(16)2)20-11-15-6-4-5-7-17(15)22-12-14-8-9-14/h4-7,13-14,16H,3,8-12H2,1-2H3,(H2,19,20,21). The van der Waals surface area contributed by atoms with E-state index in [1.54, 1.807) is 0 Å². The van der Waals surface area contributed by atoms with E-state index < -0.39 is 0 Å². The molecule has 4 nitrogen and oxygen atoms in total. The van der Waals surface area contributed by atoms with E-state index in [1.807, 2.05) is 6.07 Å². The molecule has 0 aliphatic heterocycles. The van der Waals surface area contributed by atoms with Gasteiger partial charge in [-0.3, -0.25) is 0 Å². The Morgan fingerprint density at radius 3 is 2.77 bits per heavy atom. The van der Waals surface area contributed by atoms with Crippen LogP contribution in [0.1, 0.15) is 38.7 Å². The van der Waals surface area contributed by atoms with Gasteiger partial charge in [0.1, 0.15) is 5.75 Å². The third-order valence-electron chi connectivity index (χ3n) is 4.33. The van der Waals surface area contributed by atoms with Crippen molar-refractivity contribution in [2.75, 3.05) is 13.2 Å². The monoisotopic (exact) mass is 301 g/mol. The molecule has 0 heterocycles. The van der Waals surface area contributed by atoms with Crippen molar-refractivity contribution < 1.29 is 4.74 Å². The van der Waals surface area contributed by atoms with Crippen molar-refractivity contribution in [2.24, 2.45) is 16.8 Å². The molecule has 0 aromatic heterocycles. The minimum atomic E-state index is 0.583. The van der Waals surface area contributed by atoms with E-state index in [4.69, 9.17) is 9.73 Å². The largest absolute Gasteiger partial charge is 0.493 e. The van der Waals surface area contributed by atoms with Crippen molar-refractivity contribution in [3.8, 4) is 5.75 Å². The Bertz CT molecular complexity index is 525.